The zero-order valence-electron chi connectivity index (χ0n) is 11.7. The Morgan fingerprint density at radius 1 is 1.43 bits per heavy atom. The zero-order valence-corrected chi connectivity index (χ0v) is 14.1. The predicted octanol–water partition coefficient (Wildman–Crippen LogP) is 2.90. The molecule has 0 unspecified atom stereocenters. The average molecular weight is 348 g/mol. The van der Waals surface area contributed by atoms with Crippen LogP contribution in [0.15, 0.2) is 24.3 Å². The minimum absolute atomic E-state index is 0.232. The summed E-state index contributed by atoms with van der Waals surface area (Å²) in [6.45, 7) is 0. The Labute approximate surface area is 138 Å². The molecule has 0 spiro atoms. The van der Waals surface area contributed by atoms with E-state index in [4.69, 9.17) is 16.7 Å². The largest absolute Gasteiger partial charge is 0.480 e. The molecule has 0 radical (unpaired) electrons. The van der Waals surface area contributed by atoms with Crippen molar-refractivity contribution in [1.29, 1.82) is 0 Å². The monoisotopic (exact) mass is 347 g/mol. The third-order valence-corrected chi connectivity index (χ3v) is 4.52. The van der Waals surface area contributed by atoms with Crippen LogP contribution < -0.4 is 5.32 Å². The first-order chi connectivity index (χ1) is 10.0. The van der Waals surface area contributed by atoms with Gasteiger partial charge >= 0.3 is 5.97 Å². The second-order valence-electron chi connectivity index (χ2n) is 4.36. The van der Waals surface area contributed by atoms with Crippen LogP contribution in [0.5, 0.6) is 0 Å². The molecule has 0 aliphatic rings. The van der Waals surface area contributed by atoms with Crippen molar-refractivity contribution in [2.45, 2.75) is 18.2 Å². The highest BCUT2D eigenvalue weighted by molar-refractivity contribution is 7.99. The van der Waals surface area contributed by atoms with Gasteiger partial charge in [-0.15, -0.1) is 11.8 Å². The van der Waals surface area contributed by atoms with Crippen LogP contribution in [0.3, 0.4) is 0 Å². The zero-order chi connectivity index (χ0) is 15.7. The second kappa shape index (κ2) is 9.97. The van der Waals surface area contributed by atoms with Gasteiger partial charge in [0.25, 0.3) is 0 Å². The van der Waals surface area contributed by atoms with Crippen molar-refractivity contribution in [3.05, 3.63) is 34.9 Å². The van der Waals surface area contributed by atoms with E-state index >= 15 is 0 Å². The summed E-state index contributed by atoms with van der Waals surface area (Å²) < 4.78 is 0. The molecule has 2 N–H and O–H groups in total. The smallest absolute Gasteiger partial charge is 0.326 e. The predicted molar refractivity (Wildman–Crippen MR) is 90.2 cm³/mol. The normalized spacial score (nSPS) is 11.9. The van der Waals surface area contributed by atoms with E-state index in [-0.39, 0.29) is 11.7 Å². The van der Waals surface area contributed by atoms with Gasteiger partial charge in [0.2, 0.25) is 5.91 Å². The molecule has 116 valence electrons. The Morgan fingerprint density at radius 2 is 2.19 bits per heavy atom. The van der Waals surface area contributed by atoms with Crippen molar-refractivity contribution < 1.29 is 14.7 Å². The first kappa shape index (κ1) is 18.2. The molecular weight excluding hydrogens is 330 g/mol. The molecule has 1 rings (SSSR count). The number of aliphatic carboxylic acids is 1. The minimum atomic E-state index is -0.989. The van der Waals surface area contributed by atoms with E-state index in [9.17, 15) is 9.59 Å². The number of hydrogen-bond acceptors (Lipinski definition) is 4. The van der Waals surface area contributed by atoms with Gasteiger partial charge in [0.05, 0.1) is 5.75 Å². The molecule has 4 nitrogen and oxygen atoms in total. The summed E-state index contributed by atoms with van der Waals surface area (Å²) in [5.41, 5.74) is 1.04. The lowest BCUT2D eigenvalue weighted by Crippen LogP contribution is -2.42. The van der Waals surface area contributed by atoms with Crippen molar-refractivity contribution in [2.24, 2.45) is 0 Å². The Hall–Kier alpha value is -0.850. The summed E-state index contributed by atoms with van der Waals surface area (Å²) in [6, 6.07) is 6.64. The van der Waals surface area contributed by atoms with Crippen LogP contribution in [-0.2, 0) is 15.3 Å². The van der Waals surface area contributed by atoms with Gasteiger partial charge in [-0.2, -0.15) is 11.8 Å². The summed E-state index contributed by atoms with van der Waals surface area (Å²) in [7, 11) is 0. The maximum atomic E-state index is 11.8. The van der Waals surface area contributed by atoms with E-state index in [1.807, 2.05) is 24.5 Å². The summed E-state index contributed by atoms with van der Waals surface area (Å²) in [5, 5.41) is 12.3. The van der Waals surface area contributed by atoms with Crippen LogP contribution in [0, 0.1) is 0 Å². The summed E-state index contributed by atoms with van der Waals surface area (Å²) in [6.07, 6.45) is 2.34. The molecule has 0 bridgehead atoms. The van der Waals surface area contributed by atoms with Crippen molar-refractivity contribution in [1.82, 2.24) is 5.32 Å². The molecule has 0 aromatic heterocycles. The van der Waals surface area contributed by atoms with Crippen LogP contribution in [0.1, 0.15) is 12.0 Å². The summed E-state index contributed by atoms with van der Waals surface area (Å²) in [4.78, 5) is 22.8. The van der Waals surface area contributed by atoms with Crippen molar-refractivity contribution in [3.8, 4) is 0 Å². The molecule has 0 saturated carbocycles. The van der Waals surface area contributed by atoms with E-state index in [0.717, 1.165) is 5.56 Å². The topological polar surface area (TPSA) is 66.4 Å². The van der Waals surface area contributed by atoms with Crippen LogP contribution in [0.4, 0.5) is 0 Å². The highest BCUT2D eigenvalue weighted by Crippen LogP contribution is 2.16. The van der Waals surface area contributed by atoms with Gasteiger partial charge in [0.1, 0.15) is 6.04 Å². The third kappa shape index (κ3) is 7.64. The summed E-state index contributed by atoms with van der Waals surface area (Å²) >= 11 is 8.87. The van der Waals surface area contributed by atoms with E-state index in [2.05, 4.69) is 5.32 Å². The minimum Gasteiger partial charge on any atom is -0.480 e. The summed E-state index contributed by atoms with van der Waals surface area (Å²) in [5.74, 6) is 0.353. The maximum Gasteiger partial charge on any atom is 0.326 e. The van der Waals surface area contributed by atoms with Gasteiger partial charge in [-0.05, 0) is 36.1 Å². The lowest BCUT2D eigenvalue weighted by atomic mass is 10.2. The number of rotatable bonds is 9. The quantitative estimate of drug-likeness (QED) is 0.719. The number of carboxylic acid groups (broad SMARTS) is 1. The first-order valence-corrected chi connectivity index (χ1v) is 9.29. The molecule has 0 heterocycles. The molecule has 21 heavy (non-hydrogen) atoms. The van der Waals surface area contributed by atoms with Gasteiger partial charge in [0, 0.05) is 10.8 Å². The number of amides is 1. The Balaban J connectivity index is 2.34. The first-order valence-electron chi connectivity index (χ1n) is 6.36. The van der Waals surface area contributed by atoms with Gasteiger partial charge in [-0.1, -0.05) is 23.7 Å². The third-order valence-electron chi connectivity index (χ3n) is 2.63. The van der Waals surface area contributed by atoms with Crippen molar-refractivity contribution >= 4 is 47.0 Å². The standard InChI is InChI=1S/C14H18ClNO3S2/c1-20-6-5-12(14(18)19)16-13(17)9-21-8-10-3-2-4-11(15)7-10/h2-4,7,12H,5-6,8-9H2,1H3,(H,16,17)(H,18,19)/t12-/m0/s1. The highest BCUT2D eigenvalue weighted by Gasteiger charge is 2.19. The molecule has 0 aliphatic carbocycles. The number of carbonyl (C=O) groups is 2. The molecular formula is C14H18ClNO3S2. The van der Waals surface area contributed by atoms with Gasteiger partial charge in [-0.3, -0.25) is 4.79 Å². The van der Waals surface area contributed by atoms with E-state index < -0.39 is 12.0 Å². The molecule has 1 amide bonds. The fourth-order valence-electron chi connectivity index (χ4n) is 1.62. The molecule has 0 saturated heterocycles. The molecule has 7 heteroatoms. The molecule has 0 aliphatic heterocycles. The number of carboxylic acids is 1. The van der Waals surface area contributed by atoms with Crippen LogP contribution in [-0.4, -0.2) is 40.8 Å². The highest BCUT2D eigenvalue weighted by atomic mass is 35.5. The van der Waals surface area contributed by atoms with Crippen molar-refractivity contribution in [3.63, 3.8) is 0 Å². The lowest BCUT2D eigenvalue weighted by molar-refractivity contribution is -0.141. The number of thioether (sulfide) groups is 2. The SMILES string of the molecule is CSCC[C@H](NC(=O)CSCc1cccc(Cl)c1)C(=O)O. The van der Waals surface area contributed by atoms with Crippen LogP contribution in [0.2, 0.25) is 5.02 Å². The van der Waals surface area contributed by atoms with Gasteiger partial charge < -0.3 is 10.4 Å². The van der Waals surface area contributed by atoms with E-state index in [1.54, 1.807) is 17.8 Å². The van der Waals surface area contributed by atoms with Crippen molar-refractivity contribution in [2.75, 3.05) is 17.8 Å². The Morgan fingerprint density at radius 3 is 2.81 bits per heavy atom. The number of halogens is 1. The average Bonchev–Trinajstić information content (AvgIpc) is 2.43. The lowest BCUT2D eigenvalue weighted by Gasteiger charge is -2.13. The molecule has 0 fully saturated rings. The number of carbonyl (C=O) groups excluding carboxylic acids is 1. The van der Waals surface area contributed by atoms with E-state index in [1.165, 1.54) is 11.8 Å². The molecule has 1 aromatic rings. The molecule has 1 atom stereocenters. The van der Waals surface area contributed by atoms with E-state index in [0.29, 0.717) is 22.9 Å². The van der Waals surface area contributed by atoms with Gasteiger partial charge in [-0.25, -0.2) is 4.79 Å². The fraction of sp³-hybridized carbons (Fsp3) is 0.429. The molecule has 1 aromatic carbocycles. The number of nitrogens with one attached hydrogen (secondary N) is 1. The van der Waals surface area contributed by atoms with Gasteiger partial charge in [0.15, 0.2) is 0 Å². The Bertz CT molecular complexity index is 485. The number of benzene rings is 1. The number of hydrogen-bond donors (Lipinski definition) is 2. The maximum absolute atomic E-state index is 11.8. The second-order valence-corrected chi connectivity index (χ2v) is 6.77. The van der Waals surface area contributed by atoms with Crippen LogP contribution >= 0.6 is 35.1 Å². The Kier molecular flexibility index (Phi) is 8.64. The van der Waals surface area contributed by atoms with Crippen LogP contribution in [0.25, 0.3) is 0 Å². The fourth-order valence-corrected chi connectivity index (χ4v) is 3.09.